The third kappa shape index (κ3) is 5.33. The van der Waals surface area contributed by atoms with E-state index in [2.05, 4.69) is 16.9 Å². The second-order valence-corrected chi connectivity index (χ2v) is 10.2. The Balaban J connectivity index is 1.55. The number of hydrogen-bond donors (Lipinski definition) is 0. The van der Waals surface area contributed by atoms with Crippen LogP contribution in [0.1, 0.15) is 31.2 Å². The molecule has 1 aromatic heterocycles. The number of rotatable bonds is 5. The molecule has 2 aliphatic heterocycles. The summed E-state index contributed by atoms with van der Waals surface area (Å²) >= 11 is 18.4. The molecule has 3 atom stereocenters. The van der Waals surface area contributed by atoms with E-state index in [1.54, 1.807) is 18.3 Å². The zero-order chi connectivity index (χ0) is 22.8. The number of amides is 1. The summed E-state index contributed by atoms with van der Waals surface area (Å²) < 4.78 is 6.17. The number of benzene rings is 1. The molecule has 8 heteroatoms. The molecule has 2 aliphatic rings. The number of carbonyl (C=O) groups is 1. The number of piperidine rings is 1. The Morgan fingerprint density at radius 2 is 1.84 bits per heavy atom. The van der Waals surface area contributed by atoms with Crippen molar-refractivity contribution in [3.63, 3.8) is 0 Å². The number of likely N-dealkylation sites (tertiary alicyclic amines) is 2. The molecule has 3 heterocycles. The van der Waals surface area contributed by atoms with Crippen LogP contribution in [-0.4, -0.2) is 60.0 Å². The lowest BCUT2D eigenvalue weighted by Crippen LogP contribution is -2.41. The van der Waals surface area contributed by atoms with Crippen molar-refractivity contribution >= 4 is 40.7 Å². The lowest BCUT2D eigenvalue weighted by molar-refractivity contribution is -0.136. The van der Waals surface area contributed by atoms with Crippen LogP contribution in [0.4, 0.5) is 0 Å². The van der Waals surface area contributed by atoms with Gasteiger partial charge in [0.05, 0.1) is 15.1 Å². The van der Waals surface area contributed by atoms with Gasteiger partial charge in [-0.3, -0.25) is 4.79 Å². The lowest BCUT2D eigenvalue weighted by atomic mass is 9.86. The molecule has 1 amide bonds. The summed E-state index contributed by atoms with van der Waals surface area (Å²) in [5.41, 5.74) is 1.07. The van der Waals surface area contributed by atoms with Crippen LogP contribution in [0.5, 0.6) is 5.88 Å². The molecule has 0 N–H and O–H groups in total. The zero-order valence-electron chi connectivity index (χ0n) is 18.3. The Morgan fingerprint density at radius 1 is 1.09 bits per heavy atom. The Bertz CT molecular complexity index is 948. The quantitative estimate of drug-likeness (QED) is 0.556. The van der Waals surface area contributed by atoms with E-state index >= 15 is 0 Å². The Morgan fingerprint density at radius 3 is 2.50 bits per heavy atom. The van der Waals surface area contributed by atoms with E-state index < -0.39 is 0 Å². The molecule has 0 aliphatic carbocycles. The van der Waals surface area contributed by atoms with Gasteiger partial charge in [-0.25, -0.2) is 4.98 Å². The predicted molar refractivity (Wildman–Crippen MR) is 129 cm³/mol. The minimum Gasteiger partial charge on any atom is -0.474 e. The number of hydrogen-bond acceptors (Lipinski definition) is 4. The maximum absolute atomic E-state index is 13.4. The maximum Gasteiger partial charge on any atom is 0.225 e. The molecular formula is C24H28Cl3N3O2. The minimum atomic E-state index is -0.154. The fourth-order valence-corrected chi connectivity index (χ4v) is 5.22. The topological polar surface area (TPSA) is 45.7 Å². The highest BCUT2D eigenvalue weighted by Crippen LogP contribution is 2.39. The van der Waals surface area contributed by atoms with E-state index in [0.29, 0.717) is 34.0 Å². The van der Waals surface area contributed by atoms with Crippen molar-refractivity contribution in [3.8, 4) is 5.88 Å². The highest BCUT2D eigenvalue weighted by molar-refractivity contribution is 6.42. The summed E-state index contributed by atoms with van der Waals surface area (Å²) in [6.07, 6.45) is 3.24. The van der Waals surface area contributed by atoms with Crippen molar-refractivity contribution in [2.24, 2.45) is 11.8 Å². The van der Waals surface area contributed by atoms with Gasteiger partial charge >= 0.3 is 0 Å². The molecule has 4 rings (SSSR count). The number of pyridine rings is 1. The third-order valence-corrected chi connectivity index (χ3v) is 7.69. The average Bonchev–Trinajstić information content (AvgIpc) is 3.23. The van der Waals surface area contributed by atoms with Crippen LogP contribution in [0.15, 0.2) is 36.5 Å². The number of nitrogens with zero attached hydrogens (tertiary/aromatic N) is 3. The van der Waals surface area contributed by atoms with Crippen molar-refractivity contribution in [1.82, 2.24) is 14.8 Å². The first-order valence-corrected chi connectivity index (χ1v) is 12.2. The van der Waals surface area contributed by atoms with E-state index in [4.69, 9.17) is 39.5 Å². The van der Waals surface area contributed by atoms with Crippen molar-refractivity contribution in [1.29, 1.82) is 0 Å². The number of carbonyl (C=O) groups excluding carboxylic acids is 1. The van der Waals surface area contributed by atoms with Gasteiger partial charge < -0.3 is 14.5 Å². The van der Waals surface area contributed by atoms with Gasteiger partial charge in [0.2, 0.25) is 11.8 Å². The van der Waals surface area contributed by atoms with Crippen LogP contribution in [-0.2, 0) is 4.79 Å². The summed E-state index contributed by atoms with van der Waals surface area (Å²) in [7, 11) is 2.11. The van der Waals surface area contributed by atoms with E-state index in [1.807, 2.05) is 30.0 Å². The Kier molecular flexibility index (Phi) is 7.51. The first-order valence-electron chi connectivity index (χ1n) is 11.0. The second-order valence-electron chi connectivity index (χ2n) is 8.90. The minimum absolute atomic E-state index is 0.0913. The highest BCUT2D eigenvalue weighted by Gasteiger charge is 2.42. The van der Waals surface area contributed by atoms with Crippen molar-refractivity contribution in [3.05, 3.63) is 57.2 Å². The molecule has 2 saturated heterocycles. The zero-order valence-corrected chi connectivity index (χ0v) is 20.6. The van der Waals surface area contributed by atoms with E-state index in [1.165, 1.54) is 0 Å². The monoisotopic (exact) mass is 495 g/mol. The fourth-order valence-electron chi connectivity index (χ4n) is 4.80. The first kappa shape index (κ1) is 23.6. The Hall–Kier alpha value is -1.53. The molecule has 2 aromatic rings. The summed E-state index contributed by atoms with van der Waals surface area (Å²) in [5.74, 6) is 1.06. The van der Waals surface area contributed by atoms with Gasteiger partial charge in [-0.1, -0.05) is 40.9 Å². The largest absolute Gasteiger partial charge is 0.474 e. The van der Waals surface area contributed by atoms with Gasteiger partial charge in [0.25, 0.3) is 0 Å². The summed E-state index contributed by atoms with van der Waals surface area (Å²) in [6, 6.07) is 9.27. The van der Waals surface area contributed by atoms with Gasteiger partial charge in [-0.15, -0.1) is 0 Å². The van der Waals surface area contributed by atoms with Crippen molar-refractivity contribution in [2.45, 2.75) is 31.8 Å². The molecule has 172 valence electrons. The normalized spacial score (nSPS) is 23.3. The molecule has 0 saturated carbocycles. The van der Waals surface area contributed by atoms with Crippen molar-refractivity contribution < 1.29 is 9.53 Å². The fraction of sp³-hybridized carbons (Fsp3) is 0.500. The smallest absolute Gasteiger partial charge is 0.225 e. The molecule has 32 heavy (non-hydrogen) atoms. The molecule has 0 radical (unpaired) electrons. The SMILES string of the molecule is CC(Oc1ccc(Cl)cn1)C1CN(C(=O)C2CCN(C)CC2)CC1c1ccc(Cl)c(Cl)c1. The summed E-state index contributed by atoms with van der Waals surface area (Å²) in [6.45, 7) is 5.26. The van der Waals surface area contributed by atoms with E-state index in [0.717, 1.165) is 31.5 Å². The molecular weight excluding hydrogens is 469 g/mol. The van der Waals surface area contributed by atoms with Crippen LogP contribution >= 0.6 is 34.8 Å². The molecule has 2 fully saturated rings. The third-order valence-electron chi connectivity index (χ3n) is 6.73. The lowest BCUT2D eigenvalue weighted by Gasteiger charge is -2.31. The average molecular weight is 497 g/mol. The van der Waals surface area contributed by atoms with Gasteiger partial charge in [-0.05, 0) is 63.7 Å². The number of aromatic nitrogens is 1. The number of ether oxygens (including phenoxy) is 1. The molecule has 3 unspecified atom stereocenters. The molecule has 0 bridgehead atoms. The molecule has 1 aromatic carbocycles. The standard InChI is InChI=1S/C24H28Cl3N3O2/c1-15(32-23-6-4-18(25)12-28-23)19-13-30(24(31)16-7-9-29(2)10-8-16)14-20(19)17-3-5-21(26)22(27)11-17/h3-6,11-12,15-16,19-20H,7-10,13-14H2,1-2H3. The Labute approximate surface area is 204 Å². The van der Waals surface area contributed by atoms with Gasteiger partial charge in [0.1, 0.15) is 6.10 Å². The van der Waals surface area contributed by atoms with E-state index in [9.17, 15) is 4.79 Å². The second kappa shape index (κ2) is 10.2. The van der Waals surface area contributed by atoms with E-state index in [-0.39, 0.29) is 29.8 Å². The van der Waals surface area contributed by atoms with Gasteiger partial charge in [0, 0.05) is 43.1 Å². The molecule has 5 nitrogen and oxygen atoms in total. The summed E-state index contributed by atoms with van der Waals surface area (Å²) in [5, 5.41) is 1.62. The van der Waals surface area contributed by atoms with Gasteiger partial charge in [-0.2, -0.15) is 0 Å². The van der Waals surface area contributed by atoms with Crippen molar-refractivity contribution in [2.75, 3.05) is 33.2 Å². The highest BCUT2D eigenvalue weighted by atomic mass is 35.5. The van der Waals surface area contributed by atoms with Crippen LogP contribution in [0.2, 0.25) is 15.1 Å². The van der Waals surface area contributed by atoms with Crippen LogP contribution in [0, 0.1) is 11.8 Å². The maximum atomic E-state index is 13.4. The van der Waals surface area contributed by atoms with Crippen LogP contribution in [0.3, 0.4) is 0 Å². The first-order chi connectivity index (χ1) is 15.3. The van der Waals surface area contributed by atoms with Crippen LogP contribution < -0.4 is 4.74 Å². The number of halogens is 3. The summed E-state index contributed by atoms with van der Waals surface area (Å²) in [4.78, 5) is 21.9. The molecule has 0 spiro atoms. The van der Waals surface area contributed by atoms with Crippen LogP contribution in [0.25, 0.3) is 0 Å². The van der Waals surface area contributed by atoms with Gasteiger partial charge in [0.15, 0.2) is 0 Å². The predicted octanol–water partition coefficient (Wildman–Crippen LogP) is 5.39.